The minimum atomic E-state index is -0.774. The van der Waals surface area contributed by atoms with Gasteiger partial charge in [0.05, 0.1) is 4.88 Å². The molecule has 3 heterocycles. The van der Waals surface area contributed by atoms with Crippen LogP contribution in [0.2, 0.25) is 0 Å². The Balaban J connectivity index is 1.76. The predicted octanol–water partition coefficient (Wildman–Crippen LogP) is 5.08. The molecule has 1 atom stereocenters. The molecule has 0 saturated carbocycles. The van der Waals surface area contributed by atoms with Crippen LogP contribution in [0.15, 0.2) is 33.6 Å². The summed E-state index contributed by atoms with van der Waals surface area (Å²) in [5, 5.41) is 19.4. The molecule has 0 aliphatic rings. The molecule has 8 heteroatoms. The maximum atomic E-state index is 12.6. The summed E-state index contributed by atoms with van der Waals surface area (Å²) in [6, 6.07) is 7.66. The number of esters is 1. The Morgan fingerprint density at radius 2 is 2.13 bits per heavy atom. The third-order valence-corrected chi connectivity index (χ3v) is 5.46. The molecule has 0 spiro atoms. The smallest absolute Gasteiger partial charge is 0.349 e. The van der Waals surface area contributed by atoms with Crippen molar-refractivity contribution in [2.45, 2.75) is 47.3 Å². The van der Waals surface area contributed by atoms with Crippen molar-refractivity contribution in [1.29, 1.82) is 5.26 Å². The molecule has 7 nitrogen and oxygen atoms in total. The lowest BCUT2D eigenvalue weighted by Crippen LogP contribution is -2.11. The van der Waals surface area contributed by atoms with E-state index in [2.05, 4.69) is 28.6 Å². The monoisotopic (exact) mass is 424 g/mol. The molecular formula is C22H24N4O3S. The number of aromatic nitrogens is 3. The summed E-state index contributed by atoms with van der Waals surface area (Å²) in [6.07, 6.45) is 0.794. The summed E-state index contributed by atoms with van der Waals surface area (Å²) in [5.74, 6) is 0.312. The first-order valence-corrected chi connectivity index (χ1v) is 10.5. The Morgan fingerprint density at radius 1 is 1.37 bits per heavy atom. The van der Waals surface area contributed by atoms with Gasteiger partial charge in [-0.15, -0.1) is 21.5 Å². The van der Waals surface area contributed by atoms with Crippen LogP contribution in [0.3, 0.4) is 0 Å². The highest BCUT2D eigenvalue weighted by molar-refractivity contribution is 7.13. The van der Waals surface area contributed by atoms with Crippen LogP contribution in [0, 0.1) is 31.1 Å². The number of aryl methyl sites for hydroxylation is 1. The van der Waals surface area contributed by atoms with E-state index in [9.17, 15) is 10.1 Å². The van der Waals surface area contributed by atoms with Crippen molar-refractivity contribution in [3.05, 3.63) is 52.0 Å². The van der Waals surface area contributed by atoms with Crippen LogP contribution in [0.25, 0.3) is 16.8 Å². The van der Waals surface area contributed by atoms with Crippen molar-refractivity contribution in [3.8, 4) is 16.8 Å². The second-order valence-electron chi connectivity index (χ2n) is 7.47. The second kappa shape index (κ2) is 9.09. The minimum Gasteiger partial charge on any atom is -0.448 e. The van der Waals surface area contributed by atoms with E-state index in [1.165, 1.54) is 11.3 Å². The Bertz CT molecular complexity index is 1100. The zero-order valence-electron chi connectivity index (χ0n) is 17.7. The molecule has 0 amide bonds. The standard InChI is InChI=1S/C22H24N4O3S/c1-13(2)12-26-14(3)9-17(15(26)4)10-18(11-23)22(27)28-16(5)20-24-25-21(29-20)19-7-6-8-30-19/h6-10,13,16H,12H2,1-5H3/b18-10+. The Morgan fingerprint density at radius 3 is 2.77 bits per heavy atom. The van der Waals surface area contributed by atoms with Gasteiger partial charge >= 0.3 is 5.97 Å². The van der Waals surface area contributed by atoms with Gasteiger partial charge in [0.25, 0.3) is 11.8 Å². The van der Waals surface area contributed by atoms with Gasteiger partial charge in [0, 0.05) is 17.9 Å². The number of ether oxygens (including phenoxy) is 1. The first-order chi connectivity index (χ1) is 14.3. The van der Waals surface area contributed by atoms with Gasteiger partial charge < -0.3 is 13.7 Å². The van der Waals surface area contributed by atoms with Gasteiger partial charge in [-0.3, -0.25) is 0 Å². The average molecular weight is 425 g/mol. The topological polar surface area (TPSA) is 93.9 Å². The molecule has 0 aliphatic heterocycles. The molecule has 0 aromatic carbocycles. The van der Waals surface area contributed by atoms with E-state index in [1.807, 2.05) is 43.5 Å². The minimum absolute atomic E-state index is 0.0790. The molecule has 0 aliphatic carbocycles. The van der Waals surface area contributed by atoms with Crippen LogP contribution in [0.5, 0.6) is 0 Å². The first kappa shape index (κ1) is 21.5. The fourth-order valence-corrected chi connectivity index (χ4v) is 3.73. The predicted molar refractivity (Wildman–Crippen MR) is 114 cm³/mol. The van der Waals surface area contributed by atoms with Gasteiger partial charge in [0.15, 0.2) is 6.10 Å². The summed E-state index contributed by atoms with van der Waals surface area (Å²) in [5.41, 5.74) is 2.84. The Hall–Kier alpha value is -3.18. The van der Waals surface area contributed by atoms with Crippen LogP contribution in [0.1, 0.15) is 49.7 Å². The van der Waals surface area contributed by atoms with Crippen molar-refractivity contribution >= 4 is 23.4 Å². The lowest BCUT2D eigenvalue weighted by Gasteiger charge is -2.12. The molecule has 3 aromatic rings. The summed E-state index contributed by atoms with van der Waals surface area (Å²) < 4.78 is 13.2. The highest BCUT2D eigenvalue weighted by Gasteiger charge is 2.22. The summed E-state index contributed by atoms with van der Waals surface area (Å²) in [7, 11) is 0. The molecule has 3 rings (SSSR count). The van der Waals surface area contributed by atoms with Crippen molar-refractivity contribution in [3.63, 3.8) is 0 Å². The number of carbonyl (C=O) groups excluding carboxylic acids is 1. The number of nitriles is 1. The molecular weight excluding hydrogens is 400 g/mol. The van der Waals surface area contributed by atoms with Gasteiger partial charge in [-0.1, -0.05) is 19.9 Å². The number of hydrogen-bond donors (Lipinski definition) is 0. The number of hydrogen-bond acceptors (Lipinski definition) is 7. The number of nitrogens with zero attached hydrogens (tertiary/aromatic N) is 4. The molecule has 1 unspecified atom stereocenters. The third kappa shape index (κ3) is 4.69. The lowest BCUT2D eigenvalue weighted by atomic mass is 10.1. The fraction of sp³-hybridized carbons (Fsp3) is 0.364. The van der Waals surface area contributed by atoms with Gasteiger partial charge in [0.1, 0.15) is 11.6 Å². The third-order valence-electron chi connectivity index (χ3n) is 4.60. The largest absolute Gasteiger partial charge is 0.448 e. The van der Waals surface area contributed by atoms with Gasteiger partial charge in [-0.05, 0) is 55.8 Å². The van der Waals surface area contributed by atoms with E-state index in [1.54, 1.807) is 13.0 Å². The second-order valence-corrected chi connectivity index (χ2v) is 8.42. The maximum absolute atomic E-state index is 12.6. The van der Waals surface area contributed by atoms with Gasteiger partial charge in [-0.25, -0.2) is 4.79 Å². The molecule has 3 aromatic heterocycles. The normalized spacial score (nSPS) is 12.8. The van der Waals surface area contributed by atoms with E-state index < -0.39 is 12.1 Å². The SMILES string of the molecule is Cc1cc(/C=C(\C#N)C(=O)OC(C)c2nnc(-c3cccs3)o2)c(C)n1CC(C)C. The van der Waals surface area contributed by atoms with E-state index in [0.717, 1.165) is 28.4 Å². The van der Waals surface area contributed by atoms with Crippen molar-refractivity contribution in [2.75, 3.05) is 0 Å². The van der Waals surface area contributed by atoms with Gasteiger partial charge in [-0.2, -0.15) is 5.26 Å². The summed E-state index contributed by atoms with van der Waals surface area (Å²) in [4.78, 5) is 13.4. The quantitative estimate of drug-likeness (QED) is 0.298. The molecule has 0 bridgehead atoms. The first-order valence-electron chi connectivity index (χ1n) is 9.67. The van der Waals surface area contributed by atoms with E-state index >= 15 is 0 Å². The molecule has 0 saturated heterocycles. The van der Waals surface area contributed by atoms with Crippen LogP contribution < -0.4 is 0 Å². The highest BCUT2D eigenvalue weighted by Crippen LogP contribution is 2.26. The lowest BCUT2D eigenvalue weighted by molar-refractivity contribution is -0.144. The van der Waals surface area contributed by atoms with E-state index in [4.69, 9.17) is 9.15 Å². The van der Waals surface area contributed by atoms with Crippen LogP contribution in [0.4, 0.5) is 0 Å². The van der Waals surface area contributed by atoms with Crippen molar-refractivity contribution < 1.29 is 13.9 Å². The van der Waals surface area contributed by atoms with Crippen LogP contribution >= 0.6 is 11.3 Å². The van der Waals surface area contributed by atoms with E-state index in [0.29, 0.717) is 11.8 Å². The maximum Gasteiger partial charge on any atom is 0.349 e. The Kier molecular flexibility index (Phi) is 6.53. The highest BCUT2D eigenvalue weighted by atomic mass is 32.1. The molecule has 156 valence electrons. The molecule has 0 fully saturated rings. The van der Waals surface area contributed by atoms with Crippen LogP contribution in [-0.2, 0) is 16.1 Å². The van der Waals surface area contributed by atoms with Gasteiger partial charge in [0.2, 0.25) is 0 Å². The summed E-state index contributed by atoms with van der Waals surface area (Å²) in [6.45, 7) is 10.8. The average Bonchev–Trinajstić information content (AvgIpc) is 3.43. The molecule has 0 radical (unpaired) electrons. The van der Waals surface area contributed by atoms with E-state index in [-0.39, 0.29) is 11.5 Å². The zero-order chi connectivity index (χ0) is 21.8. The van der Waals surface area contributed by atoms with Crippen molar-refractivity contribution in [2.24, 2.45) is 5.92 Å². The van der Waals surface area contributed by atoms with Crippen LogP contribution in [-0.4, -0.2) is 20.7 Å². The Labute approximate surface area is 179 Å². The van der Waals surface area contributed by atoms with Crippen molar-refractivity contribution in [1.82, 2.24) is 14.8 Å². The summed E-state index contributed by atoms with van der Waals surface area (Å²) >= 11 is 1.47. The number of thiophene rings is 1. The molecule has 30 heavy (non-hydrogen) atoms. The number of carbonyl (C=O) groups is 1. The number of rotatable bonds is 7. The zero-order valence-corrected chi connectivity index (χ0v) is 18.5. The fourth-order valence-electron chi connectivity index (χ4n) is 3.09. The molecule has 0 N–H and O–H groups in total.